The molecule has 0 bridgehead atoms. The molecule has 23 heavy (non-hydrogen) atoms. The van der Waals surface area contributed by atoms with E-state index in [0.717, 1.165) is 0 Å². The number of thiocarbonyl (C=S) groups is 1. The lowest BCUT2D eigenvalue weighted by Gasteiger charge is -2.12. The van der Waals surface area contributed by atoms with Crippen molar-refractivity contribution < 1.29 is 14.3 Å². The van der Waals surface area contributed by atoms with Crippen molar-refractivity contribution in [1.29, 1.82) is 0 Å². The van der Waals surface area contributed by atoms with Crippen molar-refractivity contribution >= 4 is 40.5 Å². The molecular formula is C16H15ClN2O3S. The summed E-state index contributed by atoms with van der Waals surface area (Å²) in [6.07, 6.45) is 0. The average Bonchev–Trinajstić information content (AvgIpc) is 2.56. The average molecular weight is 351 g/mol. The van der Waals surface area contributed by atoms with E-state index in [1.807, 2.05) is 6.07 Å². The van der Waals surface area contributed by atoms with Gasteiger partial charge in [-0.25, -0.2) is 0 Å². The van der Waals surface area contributed by atoms with Crippen molar-refractivity contribution in [3.05, 3.63) is 53.1 Å². The number of carbonyl (C=O) groups is 1. The molecule has 0 heterocycles. The third kappa shape index (κ3) is 4.58. The predicted octanol–water partition coefficient (Wildman–Crippen LogP) is 3.48. The summed E-state index contributed by atoms with van der Waals surface area (Å²) < 4.78 is 10.3. The van der Waals surface area contributed by atoms with Crippen molar-refractivity contribution in [2.45, 2.75) is 0 Å². The minimum absolute atomic E-state index is 0.143. The van der Waals surface area contributed by atoms with Crippen LogP contribution in [0.15, 0.2) is 42.5 Å². The number of hydrogen-bond acceptors (Lipinski definition) is 4. The largest absolute Gasteiger partial charge is 0.497 e. The molecule has 5 nitrogen and oxygen atoms in total. The van der Waals surface area contributed by atoms with E-state index in [-0.39, 0.29) is 11.0 Å². The topological polar surface area (TPSA) is 59.6 Å². The molecule has 2 rings (SSSR count). The van der Waals surface area contributed by atoms with Gasteiger partial charge in [-0.3, -0.25) is 10.1 Å². The fraction of sp³-hybridized carbons (Fsp3) is 0.125. The van der Waals surface area contributed by atoms with Crippen molar-refractivity contribution in [3.8, 4) is 11.5 Å². The van der Waals surface area contributed by atoms with Crippen LogP contribution < -0.4 is 20.1 Å². The Morgan fingerprint density at radius 2 is 1.70 bits per heavy atom. The molecule has 0 aliphatic heterocycles. The van der Waals surface area contributed by atoms with E-state index in [9.17, 15) is 4.79 Å². The first kappa shape index (κ1) is 17.1. The second-order valence-corrected chi connectivity index (χ2v) is 5.30. The summed E-state index contributed by atoms with van der Waals surface area (Å²) in [5.41, 5.74) is 0.979. The van der Waals surface area contributed by atoms with Gasteiger partial charge in [0.05, 0.1) is 24.9 Å². The smallest absolute Gasteiger partial charge is 0.257 e. The molecule has 0 fully saturated rings. The first-order valence-electron chi connectivity index (χ1n) is 6.63. The zero-order chi connectivity index (χ0) is 16.8. The van der Waals surface area contributed by atoms with Gasteiger partial charge in [0, 0.05) is 11.6 Å². The van der Waals surface area contributed by atoms with E-state index in [1.165, 1.54) is 14.2 Å². The van der Waals surface area contributed by atoms with Gasteiger partial charge in [0.2, 0.25) is 0 Å². The maximum atomic E-state index is 12.3. The molecule has 2 aromatic carbocycles. The van der Waals surface area contributed by atoms with Crippen molar-refractivity contribution in [2.24, 2.45) is 0 Å². The van der Waals surface area contributed by atoms with Gasteiger partial charge in [-0.2, -0.15) is 0 Å². The number of anilines is 1. The number of nitrogens with one attached hydrogen (secondary N) is 2. The lowest BCUT2D eigenvalue weighted by Crippen LogP contribution is -2.34. The molecule has 0 saturated heterocycles. The number of para-hydroxylation sites is 1. The summed E-state index contributed by atoms with van der Waals surface area (Å²) in [5, 5.41) is 6.11. The highest BCUT2D eigenvalue weighted by molar-refractivity contribution is 7.80. The van der Waals surface area contributed by atoms with E-state index in [2.05, 4.69) is 10.6 Å². The van der Waals surface area contributed by atoms with Crippen LogP contribution in [0.25, 0.3) is 0 Å². The summed E-state index contributed by atoms with van der Waals surface area (Å²) in [6, 6.07) is 12.0. The van der Waals surface area contributed by atoms with E-state index in [1.54, 1.807) is 36.4 Å². The molecule has 0 unspecified atom stereocenters. The van der Waals surface area contributed by atoms with Crippen LogP contribution in [0.1, 0.15) is 10.4 Å². The molecule has 0 aromatic heterocycles. The normalized spacial score (nSPS) is 9.87. The Labute approximate surface area is 144 Å². The van der Waals surface area contributed by atoms with E-state index >= 15 is 0 Å². The Bertz CT molecular complexity index is 715. The predicted molar refractivity (Wildman–Crippen MR) is 94.7 cm³/mol. The highest BCUT2D eigenvalue weighted by Crippen LogP contribution is 2.23. The van der Waals surface area contributed by atoms with Gasteiger partial charge in [-0.05, 0) is 36.5 Å². The summed E-state index contributed by atoms with van der Waals surface area (Å²) >= 11 is 11.2. The molecule has 0 aliphatic rings. The fourth-order valence-corrected chi connectivity index (χ4v) is 2.22. The second-order valence-electron chi connectivity index (χ2n) is 4.49. The van der Waals surface area contributed by atoms with Crippen molar-refractivity contribution in [2.75, 3.05) is 19.5 Å². The summed E-state index contributed by atoms with van der Waals surface area (Å²) in [5.74, 6) is 0.644. The Morgan fingerprint density at radius 1 is 1.09 bits per heavy atom. The maximum absolute atomic E-state index is 12.3. The summed E-state index contributed by atoms with van der Waals surface area (Å²) in [6.45, 7) is 0. The summed E-state index contributed by atoms with van der Waals surface area (Å²) in [7, 11) is 3.03. The SMILES string of the molecule is COc1cc(OC)cc(C(=O)NC(=S)Nc2ccccc2Cl)c1. The van der Waals surface area contributed by atoms with Gasteiger partial charge in [0.15, 0.2) is 5.11 Å². The van der Waals surface area contributed by atoms with Gasteiger partial charge in [0.25, 0.3) is 5.91 Å². The Kier molecular flexibility index (Phi) is 5.78. The molecule has 0 radical (unpaired) electrons. The number of benzene rings is 2. The monoisotopic (exact) mass is 350 g/mol. The van der Waals surface area contributed by atoms with Crippen LogP contribution in [-0.2, 0) is 0 Å². The number of methoxy groups -OCH3 is 2. The molecule has 0 atom stereocenters. The number of ether oxygens (including phenoxy) is 2. The van der Waals surface area contributed by atoms with E-state index < -0.39 is 0 Å². The first-order valence-corrected chi connectivity index (χ1v) is 7.42. The van der Waals surface area contributed by atoms with Gasteiger partial charge < -0.3 is 14.8 Å². The highest BCUT2D eigenvalue weighted by Gasteiger charge is 2.12. The van der Waals surface area contributed by atoms with E-state index in [0.29, 0.717) is 27.8 Å². The fourth-order valence-electron chi connectivity index (χ4n) is 1.83. The first-order chi connectivity index (χ1) is 11.0. The molecular weight excluding hydrogens is 336 g/mol. The Balaban J connectivity index is 2.09. The minimum Gasteiger partial charge on any atom is -0.497 e. The molecule has 0 saturated carbocycles. The van der Waals surface area contributed by atoms with Gasteiger partial charge in [-0.15, -0.1) is 0 Å². The van der Waals surface area contributed by atoms with Crippen LogP contribution in [0.4, 0.5) is 5.69 Å². The number of hydrogen-bond donors (Lipinski definition) is 2. The lowest BCUT2D eigenvalue weighted by molar-refractivity contribution is 0.0977. The quantitative estimate of drug-likeness (QED) is 0.827. The highest BCUT2D eigenvalue weighted by atomic mass is 35.5. The number of halogens is 1. The van der Waals surface area contributed by atoms with Crippen LogP contribution in [-0.4, -0.2) is 25.2 Å². The van der Waals surface area contributed by atoms with Crippen LogP contribution in [0.5, 0.6) is 11.5 Å². The molecule has 2 N–H and O–H groups in total. The molecule has 0 aliphatic carbocycles. The maximum Gasteiger partial charge on any atom is 0.257 e. The number of rotatable bonds is 4. The van der Waals surface area contributed by atoms with Gasteiger partial charge >= 0.3 is 0 Å². The zero-order valence-corrected chi connectivity index (χ0v) is 14.1. The van der Waals surface area contributed by atoms with Crippen molar-refractivity contribution in [1.82, 2.24) is 5.32 Å². The van der Waals surface area contributed by atoms with Crippen LogP contribution in [0.2, 0.25) is 5.02 Å². The van der Waals surface area contributed by atoms with Crippen LogP contribution in [0.3, 0.4) is 0 Å². The molecule has 2 aromatic rings. The zero-order valence-electron chi connectivity index (χ0n) is 12.6. The molecule has 120 valence electrons. The third-order valence-corrected chi connectivity index (χ3v) is 3.50. The van der Waals surface area contributed by atoms with Crippen molar-refractivity contribution in [3.63, 3.8) is 0 Å². The minimum atomic E-state index is -0.383. The van der Waals surface area contributed by atoms with E-state index in [4.69, 9.17) is 33.3 Å². The molecule has 0 spiro atoms. The number of amides is 1. The molecule has 1 amide bonds. The third-order valence-electron chi connectivity index (χ3n) is 2.96. The lowest BCUT2D eigenvalue weighted by atomic mass is 10.2. The van der Waals surface area contributed by atoms with Crippen LogP contribution >= 0.6 is 23.8 Å². The standard InChI is InChI=1S/C16H15ClN2O3S/c1-21-11-7-10(8-12(9-11)22-2)15(20)19-16(23)18-14-6-4-3-5-13(14)17/h3-9H,1-2H3,(H2,18,19,20,23). The second kappa shape index (κ2) is 7.80. The Morgan fingerprint density at radius 3 is 2.26 bits per heavy atom. The summed E-state index contributed by atoms with van der Waals surface area (Å²) in [4.78, 5) is 12.3. The van der Waals surface area contributed by atoms with Crippen LogP contribution in [0, 0.1) is 0 Å². The number of carbonyl (C=O) groups excluding carboxylic acids is 1. The van der Waals surface area contributed by atoms with Gasteiger partial charge in [0.1, 0.15) is 11.5 Å². The molecule has 7 heteroatoms. The Hall–Kier alpha value is -2.31. The van der Waals surface area contributed by atoms with Gasteiger partial charge in [-0.1, -0.05) is 23.7 Å².